The molecular weight excluding hydrogens is 328 g/mol. The van der Waals surface area contributed by atoms with Crippen LogP contribution in [0.5, 0.6) is 0 Å². The van der Waals surface area contributed by atoms with Gasteiger partial charge in [-0.3, -0.25) is 9.78 Å². The number of likely N-dealkylation sites (tertiary alicyclic amines) is 2. The first-order valence-electron chi connectivity index (χ1n) is 9.95. The van der Waals surface area contributed by atoms with Gasteiger partial charge in [0.25, 0.3) is 0 Å². The Morgan fingerprint density at radius 3 is 2.54 bits per heavy atom. The van der Waals surface area contributed by atoms with Crippen molar-refractivity contribution in [2.24, 2.45) is 5.92 Å². The van der Waals surface area contributed by atoms with Crippen molar-refractivity contribution in [1.29, 1.82) is 0 Å². The number of carbonyl (C=O) groups excluding carboxylic acids is 2. The molecule has 3 aliphatic rings. The minimum absolute atomic E-state index is 0.0624. The van der Waals surface area contributed by atoms with E-state index in [1.165, 1.54) is 0 Å². The first-order chi connectivity index (χ1) is 12.7. The van der Waals surface area contributed by atoms with Crippen molar-refractivity contribution < 1.29 is 9.59 Å². The summed E-state index contributed by atoms with van der Waals surface area (Å²) in [4.78, 5) is 36.0. The Balaban J connectivity index is 1.41. The van der Waals surface area contributed by atoms with Crippen LogP contribution < -0.4 is 0 Å². The first kappa shape index (κ1) is 17.3. The number of aromatic nitrogens is 1. The minimum Gasteiger partial charge on any atom is -0.335 e. The molecule has 2 saturated heterocycles. The lowest BCUT2D eigenvalue weighted by atomic mass is 9.96. The highest BCUT2D eigenvalue weighted by atomic mass is 16.2. The Hall–Kier alpha value is -2.11. The van der Waals surface area contributed by atoms with Gasteiger partial charge in [-0.25, -0.2) is 4.79 Å². The number of piperidine rings is 1. The highest BCUT2D eigenvalue weighted by Gasteiger charge is 2.38. The molecule has 6 nitrogen and oxygen atoms in total. The molecule has 3 fully saturated rings. The molecule has 2 aliphatic heterocycles. The Morgan fingerprint density at radius 2 is 1.85 bits per heavy atom. The van der Waals surface area contributed by atoms with E-state index in [1.807, 2.05) is 33.0 Å². The molecule has 1 aromatic rings. The molecular formula is C20H28N4O2. The number of rotatable bonds is 4. The van der Waals surface area contributed by atoms with Gasteiger partial charge in [0.05, 0.1) is 5.92 Å². The quantitative estimate of drug-likeness (QED) is 0.833. The monoisotopic (exact) mass is 356 g/mol. The van der Waals surface area contributed by atoms with Crippen LogP contribution in [-0.4, -0.2) is 63.8 Å². The number of hydrogen-bond donors (Lipinski definition) is 0. The van der Waals surface area contributed by atoms with Crippen molar-refractivity contribution in [2.45, 2.75) is 51.1 Å². The lowest BCUT2D eigenvalue weighted by Gasteiger charge is -2.36. The smallest absolute Gasteiger partial charge is 0.320 e. The second-order valence-electron chi connectivity index (χ2n) is 7.82. The van der Waals surface area contributed by atoms with E-state index in [0.29, 0.717) is 19.1 Å². The number of hydrogen-bond acceptors (Lipinski definition) is 3. The molecule has 1 saturated carbocycles. The van der Waals surface area contributed by atoms with E-state index in [-0.39, 0.29) is 17.9 Å². The maximum atomic E-state index is 13.2. The predicted octanol–water partition coefficient (Wildman–Crippen LogP) is 2.50. The van der Waals surface area contributed by atoms with E-state index >= 15 is 0 Å². The van der Waals surface area contributed by atoms with E-state index in [2.05, 4.69) is 4.98 Å². The summed E-state index contributed by atoms with van der Waals surface area (Å²) in [5.41, 5.74) is 1.08. The van der Waals surface area contributed by atoms with Crippen molar-refractivity contribution >= 4 is 11.9 Å². The average Bonchev–Trinajstić information content (AvgIpc) is 3.39. The van der Waals surface area contributed by atoms with Gasteiger partial charge in [0.2, 0.25) is 5.91 Å². The summed E-state index contributed by atoms with van der Waals surface area (Å²) in [6.07, 6.45) is 9.79. The third kappa shape index (κ3) is 3.84. The fraction of sp³-hybridized carbons (Fsp3) is 0.650. The summed E-state index contributed by atoms with van der Waals surface area (Å²) in [6.45, 7) is 3.72. The molecule has 4 rings (SSSR count). The van der Waals surface area contributed by atoms with Crippen molar-refractivity contribution in [2.75, 3.05) is 26.2 Å². The van der Waals surface area contributed by atoms with Gasteiger partial charge in [0.1, 0.15) is 0 Å². The number of amides is 3. The SMILES string of the molecule is O=C(N1CCCC1)N1CCCC(C(=O)N(Cc2cccnc2)C2CC2)C1. The molecule has 0 bridgehead atoms. The van der Waals surface area contributed by atoms with E-state index < -0.39 is 0 Å². The normalized spacial score (nSPS) is 23.2. The molecule has 3 amide bonds. The van der Waals surface area contributed by atoms with E-state index in [9.17, 15) is 9.59 Å². The highest BCUT2D eigenvalue weighted by Crippen LogP contribution is 2.31. The zero-order valence-corrected chi connectivity index (χ0v) is 15.3. The number of nitrogens with zero attached hydrogens (tertiary/aromatic N) is 4. The van der Waals surface area contributed by atoms with Gasteiger partial charge in [-0.15, -0.1) is 0 Å². The summed E-state index contributed by atoms with van der Waals surface area (Å²) in [5, 5.41) is 0. The maximum Gasteiger partial charge on any atom is 0.320 e. The van der Waals surface area contributed by atoms with Crippen LogP contribution >= 0.6 is 0 Å². The molecule has 0 radical (unpaired) electrons. The lowest BCUT2D eigenvalue weighted by Crippen LogP contribution is -2.50. The van der Waals surface area contributed by atoms with Crippen molar-refractivity contribution in [3.8, 4) is 0 Å². The fourth-order valence-electron chi connectivity index (χ4n) is 4.16. The second kappa shape index (κ2) is 7.64. The van der Waals surface area contributed by atoms with Crippen LogP contribution in [0, 0.1) is 5.92 Å². The molecule has 1 aromatic heterocycles. The number of urea groups is 1. The largest absolute Gasteiger partial charge is 0.335 e. The molecule has 26 heavy (non-hydrogen) atoms. The number of carbonyl (C=O) groups is 2. The summed E-state index contributed by atoms with van der Waals surface area (Å²) >= 11 is 0. The predicted molar refractivity (Wildman–Crippen MR) is 98.3 cm³/mol. The third-order valence-corrected chi connectivity index (χ3v) is 5.76. The standard InChI is InChI=1S/C20H28N4O2/c25-19(24(18-7-8-18)14-16-5-3-9-21-13-16)17-6-4-12-23(15-17)20(26)22-10-1-2-11-22/h3,5,9,13,17-18H,1-2,4,6-8,10-12,14-15H2. The Bertz CT molecular complexity index is 640. The molecule has 140 valence electrons. The second-order valence-corrected chi connectivity index (χ2v) is 7.82. The lowest BCUT2D eigenvalue weighted by molar-refractivity contribution is -0.138. The maximum absolute atomic E-state index is 13.2. The van der Waals surface area contributed by atoms with Crippen LogP contribution in [0.15, 0.2) is 24.5 Å². The van der Waals surface area contributed by atoms with Crippen LogP contribution in [-0.2, 0) is 11.3 Å². The Kier molecular flexibility index (Phi) is 5.09. The fourth-order valence-corrected chi connectivity index (χ4v) is 4.16. The first-order valence-corrected chi connectivity index (χ1v) is 9.95. The molecule has 0 aromatic carbocycles. The van der Waals surface area contributed by atoms with Crippen molar-refractivity contribution in [3.63, 3.8) is 0 Å². The highest BCUT2D eigenvalue weighted by molar-refractivity contribution is 5.81. The third-order valence-electron chi connectivity index (χ3n) is 5.76. The molecule has 0 N–H and O–H groups in total. The van der Waals surface area contributed by atoms with E-state index in [0.717, 1.165) is 63.7 Å². The van der Waals surface area contributed by atoms with Crippen LogP contribution in [0.1, 0.15) is 44.1 Å². The van der Waals surface area contributed by atoms with Gasteiger partial charge in [-0.1, -0.05) is 6.07 Å². The van der Waals surface area contributed by atoms with Gasteiger partial charge in [-0.2, -0.15) is 0 Å². The van der Waals surface area contributed by atoms with Crippen molar-refractivity contribution in [1.82, 2.24) is 19.7 Å². The molecule has 1 unspecified atom stereocenters. The van der Waals surface area contributed by atoms with Gasteiger partial charge in [0, 0.05) is 51.2 Å². The molecule has 1 aliphatic carbocycles. The average molecular weight is 356 g/mol. The van der Waals surface area contributed by atoms with Crippen LogP contribution in [0.2, 0.25) is 0 Å². The van der Waals surface area contributed by atoms with Crippen LogP contribution in [0.4, 0.5) is 4.79 Å². The van der Waals surface area contributed by atoms with Gasteiger partial charge >= 0.3 is 6.03 Å². The topological polar surface area (TPSA) is 56.8 Å². The van der Waals surface area contributed by atoms with Crippen molar-refractivity contribution in [3.05, 3.63) is 30.1 Å². The van der Waals surface area contributed by atoms with Gasteiger partial charge < -0.3 is 14.7 Å². The molecule has 0 spiro atoms. The summed E-state index contributed by atoms with van der Waals surface area (Å²) in [7, 11) is 0. The van der Waals surface area contributed by atoms with E-state index in [4.69, 9.17) is 0 Å². The summed E-state index contributed by atoms with van der Waals surface area (Å²) < 4.78 is 0. The minimum atomic E-state index is -0.0624. The summed E-state index contributed by atoms with van der Waals surface area (Å²) in [5.74, 6) is 0.155. The Morgan fingerprint density at radius 1 is 1.08 bits per heavy atom. The van der Waals surface area contributed by atoms with Gasteiger partial charge in [0.15, 0.2) is 0 Å². The van der Waals surface area contributed by atoms with Crippen LogP contribution in [0.3, 0.4) is 0 Å². The zero-order valence-electron chi connectivity index (χ0n) is 15.3. The van der Waals surface area contributed by atoms with Crippen LogP contribution in [0.25, 0.3) is 0 Å². The number of pyridine rings is 1. The molecule has 3 heterocycles. The molecule has 6 heteroatoms. The Labute approximate surface area is 155 Å². The molecule has 1 atom stereocenters. The van der Waals surface area contributed by atoms with E-state index in [1.54, 1.807) is 6.20 Å². The van der Waals surface area contributed by atoms with Gasteiger partial charge in [-0.05, 0) is 50.2 Å². The summed E-state index contributed by atoms with van der Waals surface area (Å²) in [6, 6.07) is 4.44. The zero-order chi connectivity index (χ0) is 17.9.